The van der Waals surface area contributed by atoms with E-state index in [1.165, 1.54) is 49.2 Å². The Morgan fingerprint density at radius 1 is 1.07 bits per heavy atom. The molecule has 0 aromatic heterocycles. The number of piperidine rings is 3. The summed E-state index contributed by atoms with van der Waals surface area (Å²) in [7, 11) is 0. The molecule has 4 bridgehead atoms. The summed E-state index contributed by atoms with van der Waals surface area (Å²) in [5.41, 5.74) is 5.95. The van der Waals surface area contributed by atoms with Crippen LogP contribution in [0.15, 0.2) is 36.4 Å². The lowest BCUT2D eigenvalue weighted by Gasteiger charge is -2.60. The molecule has 2 aromatic rings. The van der Waals surface area contributed by atoms with Crippen LogP contribution in [0.3, 0.4) is 0 Å². The highest BCUT2D eigenvalue weighted by atomic mass is 16.5. The van der Waals surface area contributed by atoms with E-state index in [1.807, 2.05) is 0 Å². The Morgan fingerprint density at radius 2 is 1.93 bits per heavy atom. The van der Waals surface area contributed by atoms with Gasteiger partial charge in [0, 0.05) is 49.1 Å². The van der Waals surface area contributed by atoms with Crippen LogP contribution in [0.5, 0.6) is 5.75 Å². The van der Waals surface area contributed by atoms with Crippen LogP contribution < -0.4 is 10.1 Å². The number of nitrogens with one attached hydrogen (secondary N) is 1. The summed E-state index contributed by atoms with van der Waals surface area (Å²) in [6.07, 6.45) is 4.20. The lowest BCUT2D eigenvalue weighted by molar-refractivity contribution is -0.158. The predicted molar refractivity (Wildman–Crippen MR) is 107 cm³/mol. The van der Waals surface area contributed by atoms with E-state index in [0.717, 1.165) is 29.3 Å². The summed E-state index contributed by atoms with van der Waals surface area (Å²) < 4.78 is 6.85. The van der Waals surface area contributed by atoms with Crippen molar-refractivity contribution in [3.05, 3.63) is 47.5 Å². The molecular weight excluding hydrogens is 348 g/mol. The first-order chi connectivity index (χ1) is 13.7. The highest BCUT2D eigenvalue weighted by Gasteiger charge is 2.60. The monoisotopic (exact) mass is 372 g/mol. The third-order valence-corrected chi connectivity index (χ3v) is 8.02. The molecule has 4 fully saturated rings. The van der Waals surface area contributed by atoms with Crippen molar-refractivity contribution in [1.82, 2.24) is 4.90 Å². The van der Waals surface area contributed by atoms with Gasteiger partial charge in [0.25, 0.3) is 0 Å². The first kappa shape index (κ1) is 15.6. The van der Waals surface area contributed by atoms with Crippen LogP contribution in [0.4, 0.5) is 5.69 Å². The summed E-state index contributed by atoms with van der Waals surface area (Å²) in [6, 6.07) is 12.9. The lowest BCUT2D eigenvalue weighted by Crippen LogP contribution is -2.68. The van der Waals surface area contributed by atoms with Gasteiger partial charge in [-0.25, -0.2) is 0 Å². The second-order valence-corrected chi connectivity index (χ2v) is 9.56. The quantitative estimate of drug-likeness (QED) is 0.833. The number of nitrogens with zero attached hydrogens (tertiary/aromatic N) is 1. The fraction of sp³-hybridized carbons (Fsp3) is 0.458. The summed E-state index contributed by atoms with van der Waals surface area (Å²) in [5.74, 6) is 3.41. The van der Waals surface area contributed by atoms with Crippen molar-refractivity contribution < 1.29 is 9.53 Å². The molecule has 28 heavy (non-hydrogen) atoms. The Bertz CT molecular complexity index is 999. The molecule has 1 aliphatic carbocycles. The smallest absolute Gasteiger partial charge is 0.228 e. The van der Waals surface area contributed by atoms with E-state index in [9.17, 15) is 4.79 Å². The van der Waals surface area contributed by atoms with Crippen molar-refractivity contribution in [3.8, 4) is 16.9 Å². The molecule has 1 amide bonds. The molecular formula is C24H24N2O2. The molecule has 2 aromatic carbocycles. The third-order valence-electron chi connectivity index (χ3n) is 8.02. The minimum absolute atomic E-state index is 0.0140. The van der Waals surface area contributed by atoms with Crippen LogP contribution in [0.2, 0.25) is 0 Å². The number of hydrogen-bond acceptors (Lipinski definition) is 3. The number of hydrogen-bond donors (Lipinski definition) is 1. The van der Waals surface area contributed by atoms with Gasteiger partial charge in [-0.15, -0.1) is 0 Å². The summed E-state index contributed by atoms with van der Waals surface area (Å²) in [6.45, 7) is 3.73. The molecule has 2 atom stereocenters. The van der Waals surface area contributed by atoms with E-state index >= 15 is 0 Å². The Morgan fingerprint density at radius 3 is 2.75 bits per heavy atom. The normalized spacial score (nSPS) is 36.4. The van der Waals surface area contributed by atoms with E-state index in [2.05, 4.69) is 46.6 Å². The van der Waals surface area contributed by atoms with Crippen LogP contribution in [0.25, 0.3) is 11.1 Å². The van der Waals surface area contributed by atoms with Crippen LogP contribution in [0.1, 0.15) is 24.0 Å². The highest BCUT2D eigenvalue weighted by Crippen LogP contribution is 2.57. The molecule has 1 spiro atoms. The average molecular weight is 372 g/mol. The van der Waals surface area contributed by atoms with Gasteiger partial charge in [0.15, 0.2) is 0 Å². The molecule has 142 valence electrons. The number of amides is 1. The molecule has 0 radical (unpaired) electrons. The van der Waals surface area contributed by atoms with Gasteiger partial charge in [-0.05, 0) is 53.6 Å². The number of rotatable bonds is 1. The molecule has 1 saturated carbocycles. The van der Waals surface area contributed by atoms with E-state index in [1.54, 1.807) is 0 Å². The largest absolute Gasteiger partial charge is 0.486 e. The predicted octanol–water partition coefficient (Wildman–Crippen LogP) is 3.49. The minimum atomic E-state index is 0.0140. The third kappa shape index (κ3) is 1.97. The average Bonchev–Trinajstić information content (AvgIpc) is 3.25. The van der Waals surface area contributed by atoms with E-state index in [4.69, 9.17) is 4.74 Å². The Kier molecular flexibility index (Phi) is 2.88. The standard InChI is InChI=1S/C24H24N2O2/c27-23-9-16-8-15(4-5-21(16)25-23)19-2-1-3-22-20(19)10-24(28-22)17-6-14-7-18(24)13-26(11-14)12-17/h1-5,8,14,17-18H,6-7,9-13H2,(H,25,27). The zero-order chi connectivity index (χ0) is 18.5. The summed E-state index contributed by atoms with van der Waals surface area (Å²) in [5, 5.41) is 2.94. The van der Waals surface area contributed by atoms with Crippen molar-refractivity contribution in [1.29, 1.82) is 0 Å². The summed E-state index contributed by atoms with van der Waals surface area (Å²) in [4.78, 5) is 14.4. The molecule has 2 unspecified atom stereocenters. The van der Waals surface area contributed by atoms with E-state index < -0.39 is 0 Å². The van der Waals surface area contributed by atoms with Crippen molar-refractivity contribution in [2.75, 3.05) is 25.0 Å². The molecule has 5 aliphatic heterocycles. The SMILES string of the molecule is O=C1Cc2cc(-c3cccc4c3CC3(O4)C4CC5CC3CN(C5)C4)ccc2N1. The number of carbonyl (C=O) groups excluding carboxylic acids is 1. The van der Waals surface area contributed by atoms with Gasteiger partial charge in [-0.2, -0.15) is 0 Å². The van der Waals surface area contributed by atoms with Gasteiger partial charge in [-0.3, -0.25) is 4.79 Å². The van der Waals surface area contributed by atoms with Crippen molar-refractivity contribution in [2.24, 2.45) is 17.8 Å². The number of fused-ring (bicyclic) bond motifs is 2. The van der Waals surface area contributed by atoms with Crippen LogP contribution in [-0.4, -0.2) is 36.0 Å². The first-order valence-corrected chi connectivity index (χ1v) is 10.6. The molecule has 4 nitrogen and oxygen atoms in total. The van der Waals surface area contributed by atoms with Gasteiger partial charge in [0.2, 0.25) is 5.91 Å². The topological polar surface area (TPSA) is 41.6 Å². The van der Waals surface area contributed by atoms with Crippen LogP contribution in [0, 0.1) is 17.8 Å². The fourth-order valence-electron chi connectivity index (χ4n) is 6.94. The molecule has 6 aliphatic rings. The minimum Gasteiger partial charge on any atom is -0.486 e. The first-order valence-electron chi connectivity index (χ1n) is 10.6. The molecule has 5 heterocycles. The fourth-order valence-corrected chi connectivity index (χ4v) is 6.94. The Hall–Kier alpha value is -2.33. The molecule has 8 rings (SSSR count). The molecule has 1 N–H and O–H groups in total. The number of carbonyl (C=O) groups is 1. The van der Waals surface area contributed by atoms with Gasteiger partial charge in [-0.1, -0.05) is 18.2 Å². The summed E-state index contributed by atoms with van der Waals surface area (Å²) >= 11 is 0. The van der Waals surface area contributed by atoms with Gasteiger partial charge in [0.05, 0.1) is 6.42 Å². The molecule has 4 heteroatoms. The second kappa shape index (κ2) is 5.18. The van der Waals surface area contributed by atoms with Crippen molar-refractivity contribution >= 4 is 11.6 Å². The van der Waals surface area contributed by atoms with Gasteiger partial charge < -0.3 is 15.0 Å². The number of anilines is 1. The maximum atomic E-state index is 11.7. The Balaban J connectivity index is 1.30. The van der Waals surface area contributed by atoms with Gasteiger partial charge >= 0.3 is 0 Å². The lowest BCUT2D eigenvalue weighted by atomic mass is 9.58. The second-order valence-electron chi connectivity index (χ2n) is 9.56. The van der Waals surface area contributed by atoms with Crippen molar-refractivity contribution in [3.63, 3.8) is 0 Å². The maximum absolute atomic E-state index is 11.7. The van der Waals surface area contributed by atoms with Crippen LogP contribution >= 0.6 is 0 Å². The van der Waals surface area contributed by atoms with Gasteiger partial charge in [0.1, 0.15) is 11.4 Å². The van der Waals surface area contributed by atoms with Crippen molar-refractivity contribution in [2.45, 2.75) is 31.3 Å². The van der Waals surface area contributed by atoms with E-state index in [-0.39, 0.29) is 11.5 Å². The number of benzene rings is 2. The zero-order valence-electron chi connectivity index (χ0n) is 15.9. The van der Waals surface area contributed by atoms with Crippen LogP contribution in [-0.2, 0) is 17.6 Å². The maximum Gasteiger partial charge on any atom is 0.228 e. The molecule has 3 saturated heterocycles. The van der Waals surface area contributed by atoms with E-state index in [0.29, 0.717) is 18.3 Å². The zero-order valence-corrected chi connectivity index (χ0v) is 15.9. The Labute approximate surface area is 164 Å². The number of ether oxygens (including phenoxy) is 1. The highest BCUT2D eigenvalue weighted by molar-refractivity contribution is 5.99.